The van der Waals surface area contributed by atoms with E-state index in [9.17, 15) is 9.90 Å². The largest absolute Gasteiger partial charge is 0.391 e. The number of hydrogen-bond donors (Lipinski definition) is 1. The van der Waals surface area contributed by atoms with Crippen molar-refractivity contribution in [1.82, 2.24) is 4.90 Å². The summed E-state index contributed by atoms with van der Waals surface area (Å²) in [6.07, 6.45) is 2.51. The number of aliphatic hydroxyl groups is 1. The van der Waals surface area contributed by atoms with E-state index in [-0.39, 0.29) is 12.0 Å². The molecule has 0 saturated carbocycles. The fourth-order valence-electron chi connectivity index (χ4n) is 2.21. The quantitative estimate of drug-likeness (QED) is 0.865. The fourth-order valence-corrected chi connectivity index (χ4v) is 2.21. The molecular weight excluding hydrogens is 214 g/mol. The van der Waals surface area contributed by atoms with E-state index >= 15 is 0 Å². The van der Waals surface area contributed by atoms with E-state index in [1.807, 2.05) is 24.3 Å². The second-order valence-corrected chi connectivity index (χ2v) is 4.64. The number of likely N-dealkylation sites (tertiary alicyclic amines) is 1. The second kappa shape index (κ2) is 5.32. The van der Waals surface area contributed by atoms with Crippen molar-refractivity contribution in [2.75, 3.05) is 13.1 Å². The second-order valence-electron chi connectivity index (χ2n) is 4.64. The van der Waals surface area contributed by atoms with Gasteiger partial charge in [-0.25, -0.2) is 0 Å². The van der Waals surface area contributed by atoms with Gasteiger partial charge in [0.05, 0.1) is 6.10 Å². The molecule has 0 aromatic heterocycles. The molecule has 1 aliphatic heterocycles. The molecule has 1 aromatic carbocycles. The summed E-state index contributed by atoms with van der Waals surface area (Å²) in [6.45, 7) is 3.27. The van der Waals surface area contributed by atoms with Crippen LogP contribution in [0.3, 0.4) is 0 Å². The Balaban J connectivity index is 2.04. The summed E-state index contributed by atoms with van der Waals surface area (Å²) in [5.74, 6) is 0.0320. The molecular formula is C14H19NO2. The van der Waals surface area contributed by atoms with Crippen molar-refractivity contribution in [3.8, 4) is 0 Å². The van der Waals surface area contributed by atoms with E-state index in [1.165, 1.54) is 5.56 Å². The van der Waals surface area contributed by atoms with E-state index in [0.29, 0.717) is 19.5 Å². The number of hydrogen-bond acceptors (Lipinski definition) is 2. The molecule has 1 aromatic rings. The van der Waals surface area contributed by atoms with Crippen molar-refractivity contribution in [3.63, 3.8) is 0 Å². The summed E-state index contributed by atoms with van der Waals surface area (Å²) >= 11 is 0. The predicted octanol–water partition coefficient (Wildman–Crippen LogP) is 1.85. The summed E-state index contributed by atoms with van der Waals surface area (Å²) in [6, 6.07) is 7.81. The molecule has 1 saturated heterocycles. The predicted molar refractivity (Wildman–Crippen MR) is 67.0 cm³/mol. The van der Waals surface area contributed by atoms with Crippen molar-refractivity contribution in [2.45, 2.75) is 32.3 Å². The third-order valence-electron chi connectivity index (χ3n) is 3.19. The average Bonchev–Trinajstić information content (AvgIpc) is 2.76. The van der Waals surface area contributed by atoms with Crippen LogP contribution in [0.2, 0.25) is 0 Å². The summed E-state index contributed by atoms with van der Waals surface area (Å²) in [5, 5.41) is 9.42. The van der Waals surface area contributed by atoms with Gasteiger partial charge in [0.2, 0.25) is 0 Å². The zero-order chi connectivity index (χ0) is 12.3. The summed E-state index contributed by atoms with van der Waals surface area (Å²) in [5.41, 5.74) is 1.99. The van der Waals surface area contributed by atoms with Gasteiger partial charge in [0.15, 0.2) is 0 Å². The highest BCUT2D eigenvalue weighted by atomic mass is 16.3. The summed E-state index contributed by atoms with van der Waals surface area (Å²) in [4.78, 5) is 13.8. The highest BCUT2D eigenvalue weighted by molar-refractivity contribution is 5.94. The Bertz CT molecular complexity index is 386. The van der Waals surface area contributed by atoms with Crippen molar-refractivity contribution in [2.24, 2.45) is 0 Å². The van der Waals surface area contributed by atoms with Crippen LogP contribution in [-0.2, 0) is 6.42 Å². The van der Waals surface area contributed by atoms with Crippen LogP contribution >= 0.6 is 0 Å². The van der Waals surface area contributed by atoms with Crippen LogP contribution in [0, 0.1) is 0 Å². The highest BCUT2D eigenvalue weighted by Crippen LogP contribution is 2.14. The summed E-state index contributed by atoms with van der Waals surface area (Å²) in [7, 11) is 0. The van der Waals surface area contributed by atoms with E-state index in [4.69, 9.17) is 0 Å². The van der Waals surface area contributed by atoms with Gasteiger partial charge in [-0.15, -0.1) is 0 Å². The maximum atomic E-state index is 12.1. The van der Waals surface area contributed by atoms with Crippen LogP contribution < -0.4 is 0 Å². The number of benzene rings is 1. The van der Waals surface area contributed by atoms with Crippen LogP contribution in [0.1, 0.15) is 35.7 Å². The molecule has 0 aliphatic carbocycles. The molecule has 17 heavy (non-hydrogen) atoms. The molecule has 1 N–H and O–H groups in total. The SMILES string of the molecule is CCCc1ccc(C(=O)N2CCC(O)C2)cc1. The number of aliphatic hydroxyl groups excluding tert-OH is 1. The molecule has 1 atom stereocenters. The van der Waals surface area contributed by atoms with E-state index < -0.39 is 0 Å². The molecule has 92 valence electrons. The van der Waals surface area contributed by atoms with Crippen molar-refractivity contribution in [3.05, 3.63) is 35.4 Å². The van der Waals surface area contributed by atoms with Crippen LogP contribution in [-0.4, -0.2) is 35.1 Å². The molecule has 1 amide bonds. The van der Waals surface area contributed by atoms with Gasteiger partial charge in [0, 0.05) is 18.7 Å². The van der Waals surface area contributed by atoms with Gasteiger partial charge in [-0.3, -0.25) is 4.79 Å². The third kappa shape index (κ3) is 2.86. The lowest BCUT2D eigenvalue weighted by atomic mass is 10.1. The number of β-amino-alcohol motifs (C(OH)–C–C–N with tert-alkyl or cyclic N) is 1. The first kappa shape index (κ1) is 12.1. The van der Waals surface area contributed by atoms with Crippen molar-refractivity contribution in [1.29, 1.82) is 0 Å². The van der Waals surface area contributed by atoms with Crippen molar-refractivity contribution < 1.29 is 9.90 Å². The molecule has 3 heteroatoms. The number of amides is 1. The zero-order valence-electron chi connectivity index (χ0n) is 10.2. The van der Waals surface area contributed by atoms with Crippen LogP contribution in [0.4, 0.5) is 0 Å². The topological polar surface area (TPSA) is 40.5 Å². The number of carbonyl (C=O) groups excluding carboxylic acids is 1. The van der Waals surface area contributed by atoms with E-state index in [1.54, 1.807) is 4.90 Å². The minimum absolute atomic E-state index is 0.0320. The third-order valence-corrected chi connectivity index (χ3v) is 3.19. The number of aryl methyl sites for hydroxylation is 1. The normalized spacial score (nSPS) is 19.6. The number of carbonyl (C=O) groups is 1. The molecule has 1 heterocycles. The molecule has 2 rings (SSSR count). The Morgan fingerprint density at radius 3 is 2.65 bits per heavy atom. The Hall–Kier alpha value is -1.35. The smallest absolute Gasteiger partial charge is 0.253 e. The molecule has 0 radical (unpaired) electrons. The standard InChI is InChI=1S/C14H19NO2/c1-2-3-11-4-6-12(7-5-11)14(17)15-9-8-13(16)10-15/h4-7,13,16H,2-3,8-10H2,1H3. The van der Waals surface area contributed by atoms with Gasteiger partial charge in [-0.05, 0) is 30.5 Å². The Labute approximate surface area is 102 Å². The van der Waals surface area contributed by atoms with Crippen molar-refractivity contribution >= 4 is 5.91 Å². The minimum atomic E-state index is -0.349. The zero-order valence-corrected chi connectivity index (χ0v) is 10.2. The molecule has 0 spiro atoms. The van der Waals surface area contributed by atoms with E-state index in [0.717, 1.165) is 18.4 Å². The van der Waals surface area contributed by atoms with Crippen LogP contribution in [0.15, 0.2) is 24.3 Å². The Morgan fingerprint density at radius 1 is 1.41 bits per heavy atom. The first-order valence-corrected chi connectivity index (χ1v) is 6.27. The summed E-state index contributed by atoms with van der Waals surface area (Å²) < 4.78 is 0. The molecule has 1 unspecified atom stereocenters. The Morgan fingerprint density at radius 2 is 2.12 bits per heavy atom. The lowest BCUT2D eigenvalue weighted by Gasteiger charge is -2.15. The monoisotopic (exact) mass is 233 g/mol. The van der Waals surface area contributed by atoms with E-state index in [2.05, 4.69) is 6.92 Å². The van der Waals surface area contributed by atoms with Gasteiger partial charge in [0.25, 0.3) is 5.91 Å². The maximum Gasteiger partial charge on any atom is 0.253 e. The number of nitrogens with zero attached hydrogens (tertiary/aromatic N) is 1. The van der Waals surface area contributed by atoms with Gasteiger partial charge < -0.3 is 10.0 Å². The van der Waals surface area contributed by atoms with Gasteiger partial charge in [-0.2, -0.15) is 0 Å². The van der Waals surface area contributed by atoms with Gasteiger partial charge >= 0.3 is 0 Å². The van der Waals surface area contributed by atoms with Gasteiger partial charge in [-0.1, -0.05) is 25.5 Å². The first-order chi connectivity index (χ1) is 8.20. The molecule has 1 fully saturated rings. The van der Waals surface area contributed by atoms with Gasteiger partial charge in [0.1, 0.15) is 0 Å². The van der Waals surface area contributed by atoms with Crippen LogP contribution in [0.5, 0.6) is 0 Å². The minimum Gasteiger partial charge on any atom is -0.391 e. The molecule has 0 bridgehead atoms. The highest BCUT2D eigenvalue weighted by Gasteiger charge is 2.25. The lowest BCUT2D eigenvalue weighted by molar-refractivity contribution is 0.0765. The molecule has 3 nitrogen and oxygen atoms in total. The average molecular weight is 233 g/mol. The first-order valence-electron chi connectivity index (χ1n) is 6.27. The maximum absolute atomic E-state index is 12.1. The molecule has 1 aliphatic rings. The lowest BCUT2D eigenvalue weighted by Crippen LogP contribution is -2.29. The fraction of sp³-hybridized carbons (Fsp3) is 0.500. The number of rotatable bonds is 3. The Kier molecular flexibility index (Phi) is 3.79. The van der Waals surface area contributed by atoms with Crippen LogP contribution in [0.25, 0.3) is 0 Å².